The van der Waals surface area contributed by atoms with E-state index in [0.29, 0.717) is 22.2 Å². The zero-order valence-electron chi connectivity index (χ0n) is 15.2. The van der Waals surface area contributed by atoms with Crippen molar-refractivity contribution in [2.24, 2.45) is 0 Å². The summed E-state index contributed by atoms with van der Waals surface area (Å²) in [5, 5.41) is 4.58. The van der Waals surface area contributed by atoms with Crippen LogP contribution in [0.15, 0.2) is 29.6 Å². The minimum Gasteiger partial charge on any atom is -0.336 e. The Balaban J connectivity index is 2.13. The molecule has 2 aromatic heterocycles. The van der Waals surface area contributed by atoms with Crippen LogP contribution in [0.2, 0.25) is 0 Å². The SMILES string of the molecule is CCC(=O)On1c(-c2cccs2)c(C(=O)CC)c2cc3c(cc21)C(=O)NC3=O. The van der Waals surface area contributed by atoms with Gasteiger partial charge in [0.15, 0.2) is 5.78 Å². The second-order valence-electron chi connectivity index (χ2n) is 6.29. The van der Waals surface area contributed by atoms with Crippen LogP contribution in [0.5, 0.6) is 0 Å². The van der Waals surface area contributed by atoms with Crippen LogP contribution >= 0.6 is 11.3 Å². The van der Waals surface area contributed by atoms with Crippen molar-refractivity contribution < 1.29 is 24.0 Å². The Morgan fingerprint density at radius 1 is 1.11 bits per heavy atom. The molecule has 2 amide bonds. The molecule has 0 aliphatic carbocycles. The number of Topliss-reactive ketones (excluding diaryl/α,β-unsaturated/α-hetero) is 1. The number of nitrogens with one attached hydrogen (secondary N) is 1. The van der Waals surface area contributed by atoms with E-state index in [4.69, 9.17) is 4.84 Å². The number of hydrogen-bond donors (Lipinski definition) is 1. The molecule has 1 N–H and O–H groups in total. The van der Waals surface area contributed by atoms with Crippen molar-refractivity contribution in [3.8, 4) is 10.6 Å². The van der Waals surface area contributed by atoms with Crippen LogP contribution in [0.1, 0.15) is 57.8 Å². The van der Waals surface area contributed by atoms with Crippen LogP contribution in [0.3, 0.4) is 0 Å². The Bertz CT molecular complexity index is 1160. The number of fused-ring (bicyclic) bond motifs is 2. The van der Waals surface area contributed by atoms with E-state index in [-0.39, 0.29) is 29.8 Å². The maximum absolute atomic E-state index is 12.8. The van der Waals surface area contributed by atoms with E-state index in [9.17, 15) is 19.2 Å². The summed E-state index contributed by atoms with van der Waals surface area (Å²) < 4.78 is 1.31. The molecule has 3 heterocycles. The molecule has 0 saturated heterocycles. The molecular formula is C20H16N2O5S. The number of aromatic nitrogens is 1. The largest absolute Gasteiger partial charge is 0.336 e. The highest BCUT2D eigenvalue weighted by Crippen LogP contribution is 2.38. The van der Waals surface area contributed by atoms with Crippen molar-refractivity contribution in [2.75, 3.05) is 0 Å². The van der Waals surface area contributed by atoms with Gasteiger partial charge in [-0.05, 0) is 23.6 Å². The summed E-state index contributed by atoms with van der Waals surface area (Å²) in [6, 6.07) is 6.69. The van der Waals surface area contributed by atoms with Gasteiger partial charge in [0.2, 0.25) is 0 Å². The molecule has 3 aromatic rings. The predicted octanol–water partition coefficient (Wildman–Crippen LogP) is 3.21. The van der Waals surface area contributed by atoms with Gasteiger partial charge in [-0.2, -0.15) is 4.73 Å². The second-order valence-corrected chi connectivity index (χ2v) is 7.23. The fourth-order valence-electron chi connectivity index (χ4n) is 3.28. The third-order valence-corrected chi connectivity index (χ3v) is 5.49. The quantitative estimate of drug-likeness (QED) is 0.528. The predicted molar refractivity (Wildman–Crippen MR) is 104 cm³/mol. The first-order valence-corrected chi connectivity index (χ1v) is 9.70. The molecule has 1 aromatic carbocycles. The van der Waals surface area contributed by atoms with Crippen LogP contribution in [-0.4, -0.2) is 28.3 Å². The summed E-state index contributed by atoms with van der Waals surface area (Å²) in [7, 11) is 0. The summed E-state index contributed by atoms with van der Waals surface area (Å²) in [4.78, 5) is 55.4. The summed E-state index contributed by atoms with van der Waals surface area (Å²) in [5.41, 5.74) is 1.62. The zero-order chi connectivity index (χ0) is 20.0. The van der Waals surface area contributed by atoms with Crippen molar-refractivity contribution in [1.29, 1.82) is 0 Å². The molecule has 0 unspecified atom stereocenters. The van der Waals surface area contributed by atoms with Gasteiger partial charge >= 0.3 is 5.97 Å². The van der Waals surface area contributed by atoms with E-state index in [1.807, 2.05) is 17.5 Å². The lowest BCUT2D eigenvalue weighted by Gasteiger charge is -2.10. The van der Waals surface area contributed by atoms with E-state index in [0.717, 1.165) is 4.88 Å². The summed E-state index contributed by atoms with van der Waals surface area (Å²) in [5.74, 6) is -1.65. The van der Waals surface area contributed by atoms with Gasteiger partial charge in [0, 0.05) is 18.2 Å². The smallest absolute Gasteiger partial charge is 0.332 e. The van der Waals surface area contributed by atoms with Gasteiger partial charge in [-0.3, -0.25) is 19.7 Å². The van der Waals surface area contributed by atoms with Gasteiger partial charge < -0.3 is 4.84 Å². The second kappa shape index (κ2) is 6.72. The highest BCUT2D eigenvalue weighted by Gasteiger charge is 2.32. The summed E-state index contributed by atoms with van der Waals surface area (Å²) in [6.45, 7) is 3.41. The maximum Gasteiger partial charge on any atom is 0.332 e. The Hall–Kier alpha value is -3.26. The Morgan fingerprint density at radius 2 is 1.82 bits per heavy atom. The molecule has 0 saturated carbocycles. The average Bonchev–Trinajstić information content (AvgIpc) is 3.38. The van der Waals surface area contributed by atoms with E-state index >= 15 is 0 Å². The monoisotopic (exact) mass is 396 g/mol. The van der Waals surface area contributed by atoms with E-state index in [1.54, 1.807) is 13.8 Å². The first kappa shape index (κ1) is 18.1. The zero-order valence-corrected chi connectivity index (χ0v) is 16.0. The number of ketones is 1. The first-order chi connectivity index (χ1) is 13.5. The molecule has 7 nitrogen and oxygen atoms in total. The third-order valence-electron chi connectivity index (χ3n) is 4.62. The van der Waals surface area contributed by atoms with Crippen LogP contribution in [0, 0.1) is 0 Å². The molecule has 1 aliphatic rings. The lowest BCUT2D eigenvalue weighted by atomic mass is 10.00. The highest BCUT2D eigenvalue weighted by atomic mass is 32.1. The number of carbonyl (C=O) groups is 4. The molecule has 142 valence electrons. The van der Waals surface area contributed by atoms with Crippen molar-refractivity contribution >= 4 is 45.8 Å². The van der Waals surface area contributed by atoms with Crippen LogP contribution in [-0.2, 0) is 4.79 Å². The van der Waals surface area contributed by atoms with Gasteiger partial charge in [-0.15, -0.1) is 11.3 Å². The van der Waals surface area contributed by atoms with E-state index in [1.165, 1.54) is 28.2 Å². The normalized spacial score (nSPS) is 12.9. The van der Waals surface area contributed by atoms with E-state index < -0.39 is 17.8 Å². The number of imide groups is 1. The number of amides is 2. The lowest BCUT2D eigenvalue weighted by molar-refractivity contribution is -0.143. The molecule has 4 rings (SSSR count). The van der Waals surface area contributed by atoms with Crippen molar-refractivity contribution in [3.63, 3.8) is 0 Å². The highest BCUT2D eigenvalue weighted by molar-refractivity contribution is 7.13. The lowest BCUT2D eigenvalue weighted by Crippen LogP contribution is -2.20. The number of carbonyl (C=O) groups excluding carboxylic acids is 4. The standard InChI is InChI=1S/C20H16N2O5S/c1-3-14(23)17-12-8-10-11(20(26)21-19(10)25)9-13(12)22(27-16(24)4-2)18(17)15-6-5-7-28-15/h5-9H,3-4H2,1-2H3,(H,21,25,26). The molecule has 0 atom stereocenters. The number of benzene rings is 1. The molecule has 1 aliphatic heterocycles. The molecule has 8 heteroatoms. The molecule has 0 radical (unpaired) electrons. The first-order valence-electron chi connectivity index (χ1n) is 8.82. The van der Waals surface area contributed by atoms with Gasteiger partial charge in [-0.1, -0.05) is 19.9 Å². The molecule has 0 spiro atoms. The number of nitrogens with zero attached hydrogens (tertiary/aromatic N) is 1. The van der Waals surface area contributed by atoms with E-state index in [2.05, 4.69) is 5.32 Å². The Kier molecular flexibility index (Phi) is 4.35. The van der Waals surface area contributed by atoms with Crippen molar-refractivity contribution in [2.45, 2.75) is 26.7 Å². The van der Waals surface area contributed by atoms with Gasteiger partial charge in [-0.25, -0.2) is 4.79 Å². The average molecular weight is 396 g/mol. The maximum atomic E-state index is 12.8. The summed E-state index contributed by atoms with van der Waals surface area (Å²) in [6.07, 6.45) is 0.381. The molecular weight excluding hydrogens is 380 g/mol. The number of rotatable bonds is 5. The fourth-order valence-corrected chi connectivity index (χ4v) is 4.03. The number of hydrogen-bond acceptors (Lipinski definition) is 6. The van der Waals surface area contributed by atoms with Crippen LogP contribution in [0.25, 0.3) is 21.5 Å². The molecule has 28 heavy (non-hydrogen) atoms. The van der Waals surface area contributed by atoms with Crippen LogP contribution < -0.4 is 10.2 Å². The molecule has 0 fully saturated rings. The fraction of sp³-hybridized carbons (Fsp3) is 0.200. The topological polar surface area (TPSA) is 94.5 Å². The van der Waals surface area contributed by atoms with Gasteiger partial charge in [0.25, 0.3) is 11.8 Å². The van der Waals surface area contributed by atoms with Gasteiger partial charge in [0.05, 0.1) is 27.1 Å². The van der Waals surface area contributed by atoms with Crippen molar-refractivity contribution in [1.82, 2.24) is 10.0 Å². The Morgan fingerprint density at radius 3 is 2.43 bits per heavy atom. The minimum absolute atomic E-state index is 0.143. The molecule has 0 bridgehead atoms. The summed E-state index contributed by atoms with van der Waals surface area (Å²) >= 11 is 1.40. The minimum atomic E-state index is -0.516. The number of thiophene rings is 1. The third kappa shape index (κ3) is 2.65. The Labute approximate surface area is 163 Å². The van der Waals surface area contributed by atoms with Gasteiger partial charge in [0.1, 0.15) is 5.69 Å². The van der Waals surface area contributed by atoms with Crippen LogP contribution in [0.4, 0.5) is 0 Å². The van der Waals surface area contributed by atoms with Crippen molar-refractivity contribution in [3.05, 3.63) is 46.3 Å².